The third-order valence-electron chi connectivity index (χ3n) is 4.72. The molecule has 1 fully saturated rings. The highest BCUT2D eigenvalue weighted by Crippen LogP contribution is 2.11. The molecule has 2 heterocycles. The van der Waals surface area contributed by atoms with Crippen molar-refractivity contribution < 1.29 is 4.79 Å². The van der Waals surface area contributed by atoms with Crippen molar-refractivity contribution in [1.29, 1.82) is 0 Å². The fourth-order valence-corrected chi connectivity index (χ4v) is 3.27. The van der Waals surface area contributed by atoms with Crippen molar-refractivity contribution in [2.45, 2.75) is 19.9 Å². The van der Waals surface area contributed by atoms with E-state index >= 15 is 0 Å². The van der Waals surface area contributed by atoms with Crippen molar-refractivity contribution in [3.63, 3.8) is 0 Å². The summed E-state index contributed by atoms with van der Waals surface area (Å²) in [4.78, 5) is 28.2. The van der Waals surface area contributed by atoms with E-state index in [1.807, 2.05) is 42.3 Å². The molecule has 0 atom stereocenters. The molecule has 0 radical (unpaired) electrons. The maximum atomic E-state index is 12.5. The van der Waals surface area contributed by atoms with E-state index in [4.69, 9.17) is 0 Å². The molecule has 1 aliphatic heterocycles. The van der Waals surface area contributed by atoms with Gasteiger partial charge in [-0.05, 0) is 18.1 Å². The highest BCUT2D eigenvalue weighted by molar-refractivity contribution is 5.79. The van der Waals surface area contributed by atoms with Crippen LogP contribution < -0.4 is 5.56 Å². The Balaban J connectivity index is 1.51. The molecule has 3 rings (SSSR count). The summed E-state index contributed by atoms with van der Waals surface area (Å²) in [7, 11) is 1.77. The minimum absolute atomic E-state index is 0.00955. The molecule has 0 spiro atoms. The lowest BCUT2D eigenvalue weighted by Gasteiger charge is -2.34. The summed E-state index contributed by atoms with van der Waals surface area (Å²) in [6, 6.07) is 11.6. The van der Waals surface area contributed by atoms with Crippen LogP contribution >= 0.6 is 0 Å². The second kappa shape index (κ2) is 7.66. The molecule has 0 N–H and O–H groups in total. The van der Waals surface area contributed by atoms with Gasteiger partial charge in [-0.15, -0.1) is 0 Å². The SMILES string of the molecule is Cc1cccc(CC(=O)N2CCN(Cc3ccc(=O)n(C)c3)CC2)c1. The Morgan fingerprint density at radius 2 is 1.80 bits per heavy atom. The molecule has 1 aromatic heterocycles. The Morgan fingerprint density at radius 3 is 2.48 bits per heavy atom. The minimum Gasteiger partial charge on any atom is -0.340 e. The molecule has 0 bridgehead atoms. The normalized spacial score (nSPS) is 15.4. The first-order valence-corrected chi connectivity index (χ1v) is 8.72. The Kier molecular flexibility index (Phi) is 5.34. The molecule has 1 saturated heterocycles. The van der Waals surface area contributed by atoms with Gasteiger partial charge in [-0.2, -0.15) is 0 Å². The molecule has 0 unspecified atom stereocenters. The average Bonchev–Trinajstić information content (AvgIpc) is 2.59. The lowest BCUT2D eigenvalue weighted by molar-refractivity contribution is -0.132. The Hall–Kier alpha value is -2.40. The van der Waals surface area contributed by atoms with Crippen molar-refractivity contribution in [2.24, 2.45) is 7.05 Å². The molecule has 0 saturated carbocycles. The van der Waals surface area contributed by atoms with Crippen molar-refractivity contribution >= 4 is 5.91 Å². The van der Waals surface area contributed by atoms with Crippen molar-refractivity contribution in [3.05, 3.63) is 69.6 Å². The zero-order chi connectivity index (χ0) is 17.8. The van der Waals surface area contributed by atoms with Crippen LogP contribution in [0.5, 0.6) is 0 Å². The van der Waals surface area contributed by atoms with Crippen molar-refractivity contribution in [3.8, 4) is 0 Å². The summed E-state index contributed by atoms with van der Waals surface area (Å²) < 4.78 is 1.61. The van der Waals surface area contributed by atoms with Gasteiger partial charge in [0.1, 0.15) is 0 Å². The molecular formula is C20H25N3O2. The highest BCUT2D eigenvalue weighted by Gasteiger charge is 2.21. The zero-order valence-electron chi connectivity index (χ0n) is 14.9. The zero-order valence-corrected chi connectivity index (χ0v) is 14.9. The number of pyridine rings is 1. The third-order valence-corrected chi connectivity index (χ3v) is 4.72. The van der Waals surface area contributed by atoms with E-state index in [9.17, 15) is 9.59 Å². The fourth-order valence-electron chi connectivity index (χ4n) is 3.27. The average molecular weight is 339 g/mol. The molecule has 2 aromatic rings. The molecule has 1 amide bonds. The summed E-state index contributed by atoms with van der Waals surface area (Å²) in [5, 5.41) is 0. The van der Waals surface area contributed by atoms with Gasteiger partial charge < -0.3 is 9.47 Å². The largest absolute Gasteiger partial charge is 0.340 e. The lowest BCUT2D eigenvalue weighted by Crippen LogP contribution is -2.48. The number of carbonyl (C=O) groups excluding carboxylic acids is 1. The molecule has 1 aliphatic rings. The van der Waals surface area contributed by atoms with Crippen LogP contribution in [0.15, 0.2) is 47.4 Å². The van der Waals surface area contributed by atoms with Gasteiger partial charge in [0.2, 0.25) is 11.5 Å². The number of rotatable bonds is 4. The van der Waals surface area contributed by atoms with Crippen LogP contribution in [0, 0.1) is 6.92 Å². The number of aromatic nitrogens is 1. The number of nitrogens with zero attached hydrogens (tertiary/aromatic N) is 3. The van der Waals surface area contributed by atoms with E-state index in [-0.39, 0.29) is 11.5 Å². The molecule has 25 heavy (non-hydrogen) atoms. The van der Waals surface area contributed by atoms with E-state index in [0.29, 0.717) is 6.42 Å². The Bertz CT molecular complexity index is 805. The summed E-state index contributed by atoms with van der Waals surface area (Å²) >= 11 is 0. The van der Waals surface area contributed by atoms with Gasteiger partial charge in [0.25, 0.3) is 0 Å². The Morgan fingerprint density at radius 1 is 1.04 bits per heavy atom. The number of aryl methyl sites for hydroxylation is 2. The topological polar surface area (TPSA) is 45.6 Å². The van der Waals surface area contributed by atoms with Gasteiger partial charge in [-0.1, -0.05) is 35.9 Å². The van der Waals surface area contributed by atoms with Gasteiger partial charge >= 0.3 is 0 Å². The van der Waals surface area contributed by atoms with Crippen molar-refractivity contribution in [1.82, 2.24) is 14.4 Å². The number of carbonyl (C=O) groups is 1. The van der Waals surface area contributed by atoms with Gasteiger partial charge in [0.05, 0.1) is 6.42 Å². The van der Waals surface area contributed by atoms with E-state index in [2.05, 4.69) is 11.0 Å². The highest BCUT2D eigenvalue weighted by atomic mass is 16.2. The van der Waals surface area contributed by atoms with Crippen LogP contribution in [0.1, 0.15) is 16.7 Å². The second-order valence-corrected chi connectivity index (χ2v) is 6.81. The van der Waals surface area contributed by atoms with Crippen LogP contribution in [-0.4, -0.2) is 46.5 Å². The van der Waals surface area contributed by atoms with Gasteiger partial charge in [0.15, 0.2) is 0 Å². The number of piperazine rings is 1. The lowest BCUT2D eigenvalue weighted by atomic mass is 10.1. The van der Waals surface area contributed by atoms with Gasteiger partial charge in [0, 0.05) is 52.0 Å². The smallest absolute Gasteiger partial charge is 0.250 e. The predicted molar refractivity (Wildman–Crippen MR) is 98.4 cm³/mol. The molecule has 1 aromatic carbocycles. The van der Waals surface area contributed by atoms with E-state index < -0.39 is 0 Å². The van der Waals surface area contributed by atoms with Crippen LogP contribution in [0.4, 0.5) is 0 Å². The monoisotopic (exact) mass is 339 g/mol. The van der Waals surface area contributed by atoms with Crippen LogP contribution in [0.25, 0.3) is 0 Å². The summed E-state index contributed by atoms with van der Waals surface area (Å²) in [5.74, 6) is 0.201. The van der Waals surface area contributed by atoms with Crippen LogP contribution in [0.3, 0.4) is 0 Å². The van der Waals surface area contributed by atoms with E-state index in [0.717, 1.165) is 43.9 Å². The van der Waals surface area contributed by atoms with Crippen LogP contribution in [-0.2, 0) is 24.8 Å². The first-order chi connectivity index (χ1) is 12.0. The minimum atomic E-state index is 0.00955. The first kappa shape index (κ1) is 17.4. The quantitative estimate of drug-likeness (QED) is 0.850. The third kappa shape index (κ3) is 4.57. The van der Waals surface area contributed by atoms with Gasteiger partial charge in [-0.25, -0.2) is 0 Å². The summed E-state index contributed by atoms with van der Waals surface area (Å²) in [6.45, 7) is 6.11. The summed E-state index contributed by atoms with van der Waals surface area (Å²) in [5.41, 5.74) is 3.40. The molecule has 0 aliphatic carbocycles. The molecule has 5 heteroatoms. The number of hydrogen-bond acceptors (Lipinski definition) is 3. The van der Waals surface area contributed by atoms with Crippen molar-refractivity contribution in [2.75, 3.05) is 26.2 Å². The second-order valence-electron chi connectivity index (χ2n) is 6.81. The maximum Gasteiger partial charge on any atom is 0.250 e. The number of hydrogen-bond donors (Lipinski definition) is 0. The summed E-state index contributed by atoms with van der Waals surface area (Å²) in [6.07, 6.45) is 2.36. The number of amides is 1. The van der Waals surface area contributed by atoms with Gasteiger partial charge in [-0.3, -0.25) is 14.5 Å². The number of benzene rings is 1. The molecular weight excluding hydrogens is 314 g/mol. The van der Waals surface area contributed by atoms with E-state index in [1.54, 1.807) is 17.7 Å². The molecule has 5 nitrogen and oxygen atoms in total. The maximum absolute atomic E-state index is 12.5. The fraction of sp³-hybridized carbons (Fsp3) is 0.400. The van der Waals surface area contributed by atoms with E-state index in [1.165, 1.54) is 5.56 Å². The van der Waals surface area contributed by atoms with Crippen LogP contribution in [0.2, 0.25) is 0 Å². The first-order valence-electron chi connectivity index (χ1n) is 8.72. The standard InChI is InChI=1S/C20H25N3O2/c1-16-4-3-5-17(12-16)13-20(25)23-10-8-22(9-11-23)15-18-6-7-19(24)21(2)14-18/h3-7,12,14H,8-11,13,15H2,1-2H3. The Labute approximate surface area is 148 Å². The predicted octanol–water partition coefficient (Wildman–Crippen LogP) is 1.58. The molecule has 132 valence electrons.